The average Bonchev–Trinajstić information content (AvgIpc) is 3.60. The average molecular weight is 411 g/mol. The van der Waals surface area contributed by atoms with E-state index in [1.54, 1.807) is 6.07 Å². The monoisotopic (exact) mass is 410 g/mol. The molecule has 5 nitrogen and oxygen atoms in total. The Labute approximate surface area is 178 Å². The molecule has 2 aromatic rings. The van der Waals surface area contributed by atoms with Crippen LogP contribution in [-0.4, -0.2) is 47.0 Å². The van der Waals surface area contributed by atoms with Crippen molar-refractivity contribution in [2.75, 3.05) is 31.1 Å². The second kappa shape index (κ2) is 8.70. The first-order valence-corrected chi connectivity index (χ1v) is 11.1. The zero-order valence-corrected chi connectivity index (χ0v) is 18.2. The minimum atomic E-state index is -0.196. The van der Waals surface area contributed by atoms with Crippen LogP contribution in [0.3, 0.4) is 0 Å². The van der Waals surface area contributed by atoms with E-state index in [2.05, 4.69) is 25.7 Å². The highest BCUT2D eigenvalue weighted by Gasteiger charge is 2.35. The normalized spacial score (nSPS) is 17.0. The highest BCUT2D eigenvalue weighted by molar-refractivity contribution is 5.81. The Bertz CT molecular complexity index is 917. The summed E-state index contributed by atoms with van der Waals surface area (Å²) in [5.74, 6) is 2.32. The summed E-state index contributed by atoms with van der Waals surface area (Å²) in [6.45, 7) is 9.23. The van der Waals surface area contributed by atoms with Gasteiger partial charge in [-0.1, -0.05) is 39.0 Å². The molecule has 0 radical (unpaired) electrons. The van der Waals surface area contributed by atoms with E-state index in [0.717, 1.165) is 68.3 Å². The number of hydrogen-bond acceptors (Lipinski definition) is 4. The van der Waals surface area contributed by atoms with Gasteiger partial charge in [0.2, 0.25) is 5.91 Å². The lowest BCUT2D eigenvalue weighted by molar-refractivity contribution is -0.132. The second-order valence-electron chi connectivity index (χ2n) is 8.69. The van der Waals surface area contributed by atoms with Gasteiger partial charge in [0.25, 0.3) is 0 Å². The van der Waals surface area contributed by atoms with E-state index in [0.29, 0.717) is 17.9 Å². The van der Waals surface area contributed by atoms with Crippen molar-refractivity contribution in [3.8, 4) is 0 Å². The molecule has 4 rings (SSSR count). The van der Waals surface area contributed by atoms with Crippen molar-refractivity contribution in [3.05, 3.63) is 52.7 Å². The fourth-order valence-corrected chi connectivity index (χ4v) is 4.09. The summed E-state index contributed by atoms with van der Waals surface area (Å²) in [6, 6.07) is 6.93. The first-order chi connectivity index (χ1) is 14.5. The molecule has 30 heavy (non-hydrogen) atoms. The van der Waals surface area contributed by atoms with Gasteiger partial charge in [0.1, 0.15) is 17.5 Å². The van der Waals surface area contributed by atoms with Gasteiger partial charge in [-0.25, -0.2) is 14.4 Å². The Hall–Kier alpha value is -2.50. The highest BCUT2D eigenvalue weighted by Crippen LogP contribution is 2.32. The van der Waals surface area contributed by atoms with Crippen LogP contribution in [0.2, 0.25) is 0 Å². The molecule has 1 saturated carbocycles. The number of amides is 1. The molecule has 160 valence electrons. The molecule has 0 atom stereocenters. The molecule has 1 aromatic heterocycles. The highest BCUT2D eigenvalue weighted by atomic mass is 19.1. The van der Waals surface area contributed by atoms with Crippen LogP contribution in [0, 0.1) is 11.7 Å². The number of carbonyl (C=O) groups is 1. The first kappa shape index (κ1) is 20.8. The number of nitrogens with zero attached hydrogens (tertiary/aromatic N) is 4. The molecule has 2 aliphatic rings. The Morgan fingerprint density at radius 3 is 2.43 bits per heavy atom. The molecule has 1 saturated heterocycles. The SMILES string of the molecule is CCc1nc(C(C)C)nc(N2CCN(C(=O)C3CC3)CC2)c1Cc1ccccc1F. The van der Waals surface area contributed by atoms with Crippen molar-refractivity contribution in [2.45, 2.75) is 52.4 Å². The van der Waals surface area contributed by atoms with Crippen LogP contribution in [0.5, 0.6) is 0 Å². The molecule has 0 spiro atoms. The van der Waals surface area contributed by atoms with Crippen LogP contribution in [0.15, 0.2) is 24.3 Å². The Morgan fingerprint density at radius 2 is 1.83 bits per heavy atom. The maximum atomic E-state index is 14.4. The minimum Gasteiger partial charge on any atom is -0.353 e. The molecule has 2 fully saturated rings. The van der Waals surface area contributed by atoms with Crippen molar-refractivity contribution < 1.29 is 9.18 Å². The van der Waals surface area contributed by atoms with Crippen molar-refractivity contribution in [2.24, 2.45) is 5.92 Å². The zero-order valence-electron chi connectivity index (χ0n) is 18.2. The minimum absolute atomic E-state index is 0.196. The Balaban J connectivity index is 1.65. The van der Waals surface area contributed by atoms with Crippen LogP contribution in [0.1, 0.15) is 62.2 Å². The number of benzene rings is 1. The molecule has 0 N–H and O–H groups in total. The lowest BCUT2D eigenvalue weighted by Gasteiger charge is -2.37. The van der Waals surface area contributed by atoms with E-state index in [1.807, 2.05) is 17.0 Å². The Kier molecular flexibility index (Phi) is 6.02. The van der Waals surface area contributed by atoms with E-state index in [9.17, 15) is 9.18 Å². The van der Waals surface area contributed by atoms with Crippen molar-refractivity contribution >= 4 is 11.7 Å². The van der Waals surface area contributed by atoms with Gasteiger partial charge in [-0.05, 0) is 30.9 Å². The predicted octanol–water partition coefficient (Wildman–Crippen LogP) is 3.95. The molecule has 1 aliphatic carbocycles. The number of halogens is 1. The maximum absolute atomic E-state index is 14.4. The van der Waals surface area contributed by atoms with Gasteiger partial charge in [-0.3, -0.25) is 4.79 Å². The standard InChI is InChI=1S/C24H31FN4O/c1-4-21-19(15-18-7-5-6-8-20(18)25)23(27-22(26-21)16(2)3)28-11-13-29(14-12-28)24(30)17-9-10-17/h5-8,16-17H,4,9-15H2,1-3H3. The summed E-state index contributed by atoms with van der Waals surface area (Å²) in [5, 5.41) is 0. The molecule has 0 unspecified atom stereocenters. The number of aryl methyl sites for hydroxylation is 1. The third kappa shape index (κ3) is 4.32. The first-order valence-electron chi connectivity index (χ1n) is 11.1. The summed E-state index contributed by atoms with van der Waals surface area (Å²) < 4.78 is 14.4. The number of aromatic nitrogens is 2. The molecule has 1 aliphatic heterocycles. The van der Waals surface area contributed by atoms with E-state index in [-0.39, 0.29) is 17.7 Å². The van der Waals surface area contributed by atoms with E-state index in [4.69, 9.17) is 9.97 Å². The van der Waals surface area contributed by atoms with Gasteiger partial charge in [0, 0.05) is 55.7 Å². The zero-order chi connectivity index (χ0) is 21.3. The largest absolute Gasteiger partial charge is 0.353 e. The fraction of sp³-hybridized carbons (Fsp3) is 0.542. The van der Waals surface area contributed by atoms with Gasteiger partial charge in [0.15, 0.2) is 0 Å². The molecule has 1 amide bonds. The summed E-state index contributed by atoms with van der Waals surface area (Å²) >= 11 is 0. The lowest BCUT2D eigenvalue weighted by atomic mass is 10.0. The fourth-order valence-electron chi connectivity index (χ4n) is 4.09. The molecular weight excluding hydrogens is 379 g/mol. The second-order valence-corrected chi connectivity index (χ2v) is 8.69. The van der Waals surface area contributed by atoms with Gasteiger partial charge < -0.3 is 9.80 Å². The van der Waals surface area contributed by atoms with E-state index < -0.39 is 0 Å². The number of piperazine rings is 1. The van der Waals surface area contributed by atoms with Gasteiger partial charge in [0.05, 0.1) is 0 Å². The maximum Gasteiger partial charge on any atom is 0.225 e. The van der Waals surface area contributed by atoms with Crippen LogP contribution >= 0.6 is 0 Å². The van der Waals surface area contributed by atoms with Crippen molar-refractivity contribution in [3.63, 3.8) is 0 Å². The molecule has 0 bridgehead atoms. The van der Waals surface area contributed by atoms with Gasteiger partial charge >= 0.3 is 0 Å². The number of rotatable bonds is 6. The lowest BCUT2D eigenvalue weighted by Crippen LogP contribution is -2.50. The topological polar surface area (TPSA) is 49.3 Å². The van der Waals surface area contributed by atoms with Crippen LogP contribution < -0.4 is 4.90 Å². The number of carbonyl (C=O) groups excluding carboxylic acids is 1. The van der Waals surface area contributed by atoms with E-state index >= 15 is 0 Å². The van der Waals surface area contributed by atoms with Gasteiger partial charge in [-0.2, -0.15) is 0 Å². The Morgan fingerprint density at radius 1 is 1.13 bits per heavy atom. The van der Waals surface area contributed by atoms with Crippen molar-refractivity contribution in [1.29, 1.82) is 0 Å². The summed E-state index contributed by atoms with van der Waals surface area (Å²) in [5.41, 5.74) is 2.66. The summed E-state index contributed by atoms with van der Waals surface area (Å²) in [4.78, 5) is 26.5. The van der Waals surface area contributed by atoms with Crippen LogP contribution in [-0.2, 0) is 17.6 Å². The summed E-state index contributed by atoms with van der Waals surface area (Å²) in [6.07, 6.45) is 3.33. The van der Waals surface area contributed by atoms with Crippen molar-refractivity contribution in [1.82, 2.24) is 14.9 Å². The van der Waals surface area contributed by atoms with Crippen LogP contribution in [0.25, 0.3) is 0 Å². The van der Waals surface area contributed by atoms with E-state index in [1.165, 1.54) is 6.07 Å². The third-order valence-electron chi connectivity index (χ3n) is 6.08. The molecule has 2 heterocycles. The molecular formula is C24H31FN4O. The smallest absolute Gasteiger partial charge is 0.225 e. The molecule has 1 aromatic carbocycles. The molecule has 6 heteroatoms. The predicted molar refractivity (Wildman–Crippen MR) is 116 cm³/mol. The number of hydrogen-bond donors (Lipinski definition) is 0. The third-order valence-corrected chi connectivity index (χ3v) is 6.08. The quantitative estimate of drug-likeness (QED) is 0.724. The summed E-state index contributed by atoms with van der Waals surface area (Å²) in [7, 11) is 0. The van der Waals surface area contributed by atoms with Crippen LogP contribution in [0.4, 0.5) is 10.2 Å². The van der Waals surface area contributed by atoms with Gasteiger partial charge in [-0.15, -0.1) is 0 Å². The number of anilines is 1.